The predicted molar refractivity (Wildman–Crippen MR) is 61.8 cm³/mol. The molecule has 0 radical (unpaired) electrons. The van der Waals surface area contributed by atoms with Crippen LogP contribution in [0.3, 0.4) is 0 Å². The fourth-order valence-electron chi connectivity index (χ4n) is 1.22. The zero-order valence-corrected chi connectivity index (χ0v) is 10.2. The van der Waals surface area contributed by atoms with Gasteiger partial charge < -0.3 is 5.73 Å². The first kappa shape index (κ1) is 13.4. The van der Waals surface area contributed by atoms with Crippen LogP contribution >= 0.6 is 11.6 Å². The highest BCUT2D eigenvalue weighted by Gasteiger charge is 2.15. The quantitative estimate of drug-likeness (QED) is 0.654. The van der Waals surface area contributed by atoms with E-state index in [9.17, 15) is 12.8 Å². The van der Waals surface area contributed by atoms with Gasteiger partial charge in [0.1, 0.15) is 5.82 Å². The first-order chi connectivity index (χ1) is 7.47. The van der Waals surface area contributed by atoms with Crippen LogP contribution in [-0.4, -0.2) is 20.7 Å². The molecule has 0 atom stereocenters. The topological polar surface area (TPSA) is 60.2 Å². The van der Waals surface area contributed by atoms with E-state index in [0.717, 1.165) is 12.1 Å². The summed E-state index contributed by atoms with van der Waals surface area (Å²) in [5.41, 5.74) is 5.28. The summed E-state index contributed by atoms with van der Waals surface area (Å²) in [6, 6.07) is 3.41. The van der Waals surface area contributed by atoms with Gasteiger partial charge in [0.05, 0.1) is 15.7 Å². The van der Waals surface area contributed by atoms with Gasteiger partial charge in [0, 0.05) is 0 Å². The fourth-order valence-corrected chi connectivity index (χ4v) is 2.86. The summed E-state index contributed by atoms with van der Waals surface area (Å²) in [7, 11) is -3.38. The van der Waals surface area contributed by atoms with Gasteiger partial charge in [-0.2, -0.15) is 0 Å². The van der Waals surface area contributed by atoms with Crippen LogP contribution in [0.5, 0.6) is 0 Å². The summed E-state index contributed by atoms with van der Waals surface area (Å²) >= 11 is 5.52. The van der Waals surface area contributed by atoms with Gasteiger partial charge in [0.15, 0.2) is 9.84 Å². The van der Waals surface area contributed by atoms with Crippen molar-refractivity contribution in [2.45, 2.75) is 17.7 Å². The number of nitrogens with two attached hydrogens (primary N) is 1. The van der Waals surface area contributed by atoms with Crippen LogP contribution in [0.4, 0.5) is 4.39 Å². The van der Waals surface area contributed by atoms with Crippen LogP contribution in [0.1, 0.15) is 12.8 Å². The van der Waals surface area contributed by atoms with Crippen molar-refractivity contribution in [2.24, 2.45) is 5.73 Å². The largest absolute Gasteiger partial charge is 0.330 e. The highest BCUT2D eigenvalue weighted by Crippen LogP contribution is 2.20. The van der Waals surface area contributed by atoms with E-state index in [1.165, 1.54) is 6.07 Å². The van der Waals surface area contributed by atoms with Crippen molar-refractivity contribution in [3.63, 3.8) is 0 Å². The molecule has 1 aromatic carbocycles. The van der Waals surface area contributed by atoms with Gasteiger partial charge >= 0.3 is 0 Å². The molecule has 0 aliphatic carbocycles. The first-order valence-corrected chi connectivity index (χ1v) is 6.88. The minimum atomic E-state index is -3.38. The Hall–Kier alpha value is -0.650. The van der Waals surface area contributed by atoms with E-state index in [-0.39, 0.29) is 15.7 Å². The summed E-state index contributed by atoms with van der Waals surface area (Å²) < 4.78 is 36.3. The smallest absolute Gasteiger partial charge is 0.178 e. The maximum atomic E-state index is 12.9. The molecule has 6 heteroatoms. The lowest BCUT2D eigenvalue weighted by atomic mass is 10.3. The van der Waals surface area contributed by atoms with E-state index < -0.39 is 15.7 Å². The third kappa shape index (κ3) is 3.43. The minimum absolute atomic E-state index is 0.00611. The van der Waals surface area contributed by atoms with E-state index in [2.05, 4.69) is 0 Å². The summed E-state index contributed by atoms with van der Waals surface area (Å²) in [6.45, 7) is 0.458. The minimum Gasteiger partial charge on any atom is -0.330 e. The average Bonchev–Trinajstić information content (AvgIpc) is 2.22. The van der Waals surface area contributed by atoms with Crippen molar-refractivity contribution in [2.75, 3.05) is 12.3 Å². The Morgan fingerprint density at radius 1 is 1.31 bits per heavy atom. The molecule has 0 saturated carbocycles. The molecule has 0 aliphatic rings. The van der Waals surface area contributed by atoms with Crippen molar-refractivity contribution >= 4 is 21.4 Å². The van der Waals surface area contributed by atoms with Gasteiger partial charge in [-0.1, -0.05) is 11.6 Å². The second kappa shape index (κ2) is 5.61. The highest BCUT2D eigenvalue weighted by molar-refractivity contribution is 7.91. The van der Waals surface area contributed by atoms with Crippen LogP contribution in [0.25, 0.3) is 0 Å². The Balaban J connectivity index is 2.86. The summed E-state index contributed by atoms with van der Waals surface area (Å²) in [5, 5.41) is -0.181. The van der Waals surface area contributed by atoms with Gasteiger partial charge in [0.2, 0.25) is 0 Å². The van der Waals surface area contributed by atoms with E-state index >= 15 is 0 Å². The average molecular weight is 266 g/mol. The summed E-state index contributed by atoms with van der Waals surface area (Å²) in [4.78, 5) is 0.0518. The zero-order chi connectivity index (χ0) is 12.2. The van der Waals surface area contributed by atoms with E-state index in [1.54, 1.807) is 0 Å². The second-order valence-electron chi connectivity index (χ2n) is 3.39. The molecule has 16 heavy (non-hydrogen) atoms. The molecular weight excluding hydrogens is 253 g/mol. The number of rotatable bonds is 5. The van der Waals surface area contributed by atoms with Crippen molar-refractivity contribution in [1.82, 2.24) is 0 Å². The van der Waals surface area contributed by atoms with Crippen LogP contribution < -0.4 is 5.73 Å². The molecule has 0 saturated heterocycles. The second-order valence-corrected chi connectivity index (χ2v) is 5.91. The number of hydrogen-bond donors (Lipinski definition) is 1. The number of unbranched alkanes of at least 4 members (excludes halogenated alkanes) is 1. The third-order valence-electron chi connectivity index (χ3n) is 2.12. The Bertz CT molecular complexity index is 462. The van der Waals surface area contributed by atoms with E-state index in [0.29, 0.717) is 19.4 Å². The molecule has 1 rings (SSSR count). The molecule has 0 bridgehead atoms. The molecule has 1 aromatic rings. The van der Waals surface area contributed by atoms with Crippen molar-refractivity contribution in [3.8, 4) is 0 Å². The number of benzene rings is 1. The Morgan fingerprint density at radius 2 is 2.00 bits per heavy atom. The molecule has 0 amide bonds. The Morgan fingerprint density at radius 3 is 2.56 bits per heavy atom. The number of hydrogen-bond acceptors (Lipinski definition) is 3. The van der Waals surface area contributed by atoms with Crippen LogP contribution in [-0.2, 0) is 9.84 Å². The van der Waals surface area contributed by atoms with Crippen LogP contribution in [0.15, 0.2) is 23.1 Å². The lowest BCUT2D eigenvalue weighted by molar-refractivity contribution is 0.590. The summed E-state index contributed by atoms with van der Waals surface area (Å²) in [5.74, 6) is -0.617. The van der Waals surface area contributed by atoms with Crippen LogP contribution in [0, 0.1) is 5.82 Å². The molecule has 3 nitrogen and oxygen atoms in total. The standard InChI is InChI=1S/C10H13ClFNO2S/c11-9-7-8(3-4-10(9)12)16(14,15)6-2-1-5-13/h3-4,7H,1-2,5-6,13H2. The van der Waals surface area contributed by atoms with Crippen LogP contribution in [0.2, 0.25) is 5.02 Å². The molecule has 0 aromatic heterocycles. The molecule has 90 valence electrons. The first-order valence-electron chi connectivity index (χ1n) is 4.85. The predicted octanol–water partition coefficient (Wildman–Crippen LogP) is 1.99. The van der Waals surface area contributed by atoms with E-state index in [4.69, 9.17) is 17.3 Å². The molecule has 0 spiro atoms. The fraction of sp³-hybridized carbons (Fsp3) is 0.400. The maximum absolute atomic E-state index is 12.9. The SMILES string of the molecule is NCCCCS(=O)(=O)c1ccc(F)c(Cl)c1. The van der Waals surface area contributed by atoms with Gasteiger partial charge in [0.25, 0.3) is 0 Å². The molecule has 0 fully saturated rings. The Kier molecular flexibility index (Phi) is 4.70. The van der Waals surface area contributed by atoms with Gasteiger partial charge in [-0.25, -0.2) is 12.8 Å². The molecule has 0 unspecified atom stereocenters. The zero-order valence-electron chi connectivity index (χ0n) is 8.62. The highest BCUT2D eigenvalue weighted by atomic mass is 35.5. The lowest BCUT2D eigenvalue weighted by Gasteiger charge is -2.04. The van der Waals surface area contributed by atoms with Crippen molar-refractivity contribution < 1.29 is 12.8 Å². The monoisotopic (exact) mass is 265 g/mol. The summed E-state index contributed by atoms with van der Waals surface area (Å²) in [6.07, 6.45) is 1.14. The molecule has 2 N–H and O–H groups in total. The molecule has 0 heterocycles. The number of sulfone groups is 1. The molecule has 0 aliphatic heterocycles. The van der Waals surface area contributed by atoms with Crippen molar-refractivity contribution in [1.29, 1.82) is 0 Å². The Labute approximate surface area is 99.3 Å². The van der Waals surface area contributed by atoms with E-state index in [1.807, 2.05) is 0 Å². The van der Waals surface area contributed by atoms with Gasteiger partial charge in [-0.3, -0.25) is 0 Å². The van der Waals surface area contributed by atoms with Gasteiger partial charge in [-0.05, 0) is 37.6 Å². The molecular formula is C10H13ClFNO2S. The van der Waals surface area contributed by atoms with Crippen molar-refractivity contribution in [3.05, 3.63) is 29.0 Å². The number of halogens is 2. The normalized spacial score (nSPS) is 11.7. The third-order valence-corrected chi connectivity index (χ3v) is 4.21. The van der Waals surface area contributed by atoms with Gasteiger partial charge in [-0.15, -0.1) is 0 Å². The maximum Gasteiger partial charge on any atom is 0.178 e. The lowest BCUT2D eigenvalue weighted by Crippen LogP contribution is -2.09.